The first-order valence-corrected chi connectivity index (χ1v) is 24.3. The zero-order valence-corrected chi connectivity index (χ0v) is 34.7. The molecule has 0 radical (unpaired) electrons. The van der Waals surface area contributed by atoms with Crippen molar-refractivity contribution in [2.75, 3.05) is 6.16 Å². The van der Waals surface area contributed by atoms with Crippen LogP contribution in [0.1, 0.15) is 93.9 Å². The van der Waals surface area contributed by atoms with Gasteiger partial charge in [0.25, 0.3) is 0 Å². The maximum absolute atomic E-state index is 7.14. The third-order valence-electron chi connectivity index (χ3n) is 11.8. The van der Waals surface area contributed by atoms with Crippen molar-refractivity contribution >= 4 is 31.5 Å². The number of allylic oxidation sites excluding steroid dienone is 1. The predicted octanol–water partition coefficient (Wildman–Crippen LogP) is 11.1. The highest BCUT2D eigenvalue weighted by molar-refractivity contribution is 7.95. The standard InChI is InChI=1S/C45H66O3PSi/c1-34(2)43-37(5)28-29-45(47-43)32-39(48-50(9,10)44(6,7)8)31-38(46-45)27-26-35(3)30-36(4)33-49(40-20-14-11-15-21-40,41-22-16-12-17-23-41)42-24-18-13-19-25-42/h11-26,34,36-39,43H,27-33H2,1-10H3/q+1/b35-26+/t36-,37+,38-,39+,43-,45+/m1/s1. The van der Waals surface area contributed by atoms with Gasteiger partial charge in [-0.2, -0.15) is 0 Å². The van der Waals surface area contributed by atoms with E-state index in [1.807, 2.05) is 0 Å². The summed E-state index contributed by atoms with van der Waals surface area (Å²) in [5.74, 6) is 0.971. The maximum Gasteiger partial charge on any atom is 0.192 e. The third-order valence-corrected chi connectivity index (χ3v) is 21.1. The quantitative estimate of drug-likeness (QED) is 0.106. The Bertz CT molecular complexity index is 1420. The van der Waals surface area contributed by atoms with Crippen molar-refractivity contribution < 1.29 is 13.9 Å². The lowest BCUT2D eigenvalue weighted by Gasteiger charge is -2.52. The molecule has 2 aliphatic heterocycles. The molecule has 5 rings (SSSR count). The first-order valence-electron chi connectivity index (χ1n) is 19.4. The Morgan fingerprint density at radius 1 is 0.880 bits per heavy atom. The van der Waals surface area contributed by atoms with E-state index in [4.69, 9.17) is 13.9 Å². The second-order valence-corrected chi connectivity index (χ2v) is 25.8. The molecule has 2 saturated heterocycles. The second-order valence-electron chi connectivity index (χ2n) is 17.5. The summed E-state index contributed by atoms with van der Waals surface area (Å²) < 4.78 is 21.2. The van der Waals surface area contributed by atoms with Gasteiger partial charge in [0.2, 0.25) is 0 Å². The smallest absolute Gasteiger partial charge is 0.192 e. The lowest BCUT2D eigenvalue weighted by molar-refractivity contribution is -0.338. The summed E-state index contributed by atoms with van der Waals surface area (Å²) in [6.45, 7) is 23.5. The summed E-state index contributed by atoms with van der Waals surface area (Å²) in [6, 6.07) is 33.9. The monoisotopic (exact) mass is 713 g/mol. The van der Waals surface area contributed by atoms with Crippen LogP contribution in [-0.4, -0.2) is 38.6 Å². The lowest BCUT2D eigenvalue weighted by atomic mass is 9.83. The maximum atomic E-state index is 7.14. The van der Waals surface area contributed by atoms with Gasteiger partial charge in [-0.3, -0.25) is 0 Å². The molecule has 0 bridgehead atoms. The molecule has 0 unspecified atom stereocenters. The number of rotatable bonds is 12. The van der Waals surface area contributed by atoms with Crippen LogP contribution in [0.3, 0.4) is 0 Å². The van der Waals surface area contributed by atoms with Crippen LogP contribution >= 0.6 is 7.26 Å². The average Bonchev–Trinajstić information content (AvgIpc) is 3.08. The Balaban J connectivity index is 1.37. The van der Waals surface area contributed by atoms with Gasteiger partial charge in [0.05, 0.1) is 24.5 Å². The van der Waals surface area contributed by atoms with Crippen molar-refractivity contribution in [2.24, 2.45) is 17.8 Å². The van der Waals surface area contributed by atoms with Crippen LogP contribution < -0.4 is 15.9 Å². The Kier molecular flexibility index (Phi) is 12.8. The van der Waals surface area contributed by atoms with E-state index in [9.17, 15) is 0 Å². The molecule has 2 fully saturated rings. The molecule has 2 aliphatic rings. The topological polar surface area (TPSA) is 27.7 Å². The molecule has 272 valence electrons. The molecule has 3 nitrogen and oxygen atoms in total. The largest absolute Gasteiger partial charge is 0.414 e. The molecule has 0 amide bonds. The summed E-state index contributed by atoms with van der Waals surface area (Å²) in [6.07, 6.45) is 9.92. The highest BCUT2D eigenvalue weighted by Gasteiger charge is 2.51. The van der Waals surface area contributed by atoms with Gasteiger partial charge in [-0.25, -0.2) is 0 Å². The predicted molar refractivity (Wildman–Crippen MR) is 219 cm³/mol. The molecule has 0 saturated carbocycles. The lowest BCUT2D eigenvalue weighted by Crippen LogP contribution is -2.56. The van der Waals surface area contributed by atoms with E-state index in [2.05, 4.69) is 166 Å². The average molecular weight is 714 g/mol. The zero-order valence-electron chi connectivity index (χ0n) is 32.8. The van der Waals surface area contributed by atoms with Crippen LogP contribution in [-0.2, 0) is 13.9 Å². The molecular weight excluding hydrogens is 648 g/mol. The fraction of sp³-hybridized carbons (Fsp3) is 0.556. The minimum atomic E-state index is -1.95. The molecule has 6 atom stereocenters. The minimum Gasteiger partial charge on any atom is -0.414 e. The van der Waals surface area contributed by atoms with Crippen LogP contribution in [0, 0.1) is 17.8 Å². The highest BCUT2D eigenvalue weighted by atomic mass is 31.2. The second kappa shape index (κ2) is 16.3. The molecule has 3 aromatic carbocycles. The van der Waals surface area contributed by atoms with Crippen molar-refractivity contribution in [2.45, 2.75) is 136 Å². The van der Waals surface area contributed by atoms with E-state index in [1.54, 1.807) is 0 Å². The molecule has 1 spiro atoms. The Morgan fingerprint density at radius 2 is 1.40 bits per heavy atom. The van der Waals surface area contributed by atoms with Crippen molar-refractivity contribution in [3.05, 3.63) is 103 Å². The Hall–Kier alpha value is -2.07. The van der Waals surface area contributed by atoms with Crippen molar-refractivity contribution in [3.8, 4) is 0 Å². The fourth-order valence-corrected chi connectivity index (χ4v) is 14.3. The third kappa shape index (κ3) is 9.10. The molecule has 5 heteroatoms. The SMILES string of the molecule is C/C(=C\C[C@@H]1C[C@H](O[Si](C)(C)C(C)(C)C)C[C@@]2(CC[C@H](C)[C@@H](C(C)C)O2)O1)C[C@@H](C)C[P+](c1ccccc1)(c1ccccc1)c1ccccc1. The normalized spacial score (nSPS) is 25.9. The van der Waals surface area contributed by atoms with Crippen molar-refractivity contribution in [3.63, 3.8) is 0 Å². The van der Waals surface area contributed by atoms with Crippen LogP contribution in [0.2, 0.25) is 18.1 Å². The van der Waals surface area contributed by atoms with E-state index < -0.39 is 21.4 Å². The van der Waals surface area contributed by atoms with Gasteiger partial charge >= 0.3 is 0 Å². The zero-order chi connectivity index (χ0) is 36.2. The van der Waals surface area contributed by atoms with Gasteiger partial charge in [0.15, 0.2) is 14.1 Å². The van der Waals surface area contributed by atoms with E-state index in [0.29, 0.717) is 17.8 Å². The first kappa shape index (κ1) is 39.1. The number of hydrogen-bond acceptors (Lipinski definition) is 3. The molecule has 3 aromatic rings. The molecule has 0 aromatic heterocycles. The first-order chi connectivity index (χ1) is 23.6. The van der Waals surface area contributed by atoms with Crippen LogP contribution in [0.15, 0.2) is 103 Å². The van der Waals surface area contributed by atoms with E-state index in [0.717, 1.165) is 44.7 Å². The summed E-state index contributed by atoms with van der Waals surface area (Å²) in [5.41, 5.74) is 1.45. The van der Waals surface area contributed by atoms with Crippen LogP contribution in [0.4, 0.5) is 0 Å². The molecule has 0 N–H and O–H groups in total. The Morgan fingerprint density at radius 3 is 1.88 bits per heavy atom. The molecule has 0 aliphatic carbocycles. The fourth-order valence-electron chi connectivity index (χ4n) is 8.32. The summed E-state index contributed by atoms with van der Waals surface area (Å²) in [4.78, 5) is 0. The Labute approximate surface area is 307 Å². The van der Waals surface area contributed by atoms with Crippen LogP contribution in [0.5, 0.6) is 0 Å². The number of hydrogen-bond donors (Lipinski definition) is 0. The highest BCUT2D eigenvalue weighted by Crippen LogP contribution is 2.57. The van der Waals surface area contributed by atoms with Gasteiger partial charge in [0.1, 0.15) is 23.2 Å². The molecule has 50 heavy (non-hydrogen) atoms. The summed E-state index contributed by atoms with van der Waals surface area (Å²) in [7, 11) is -3.83. The summed E-state index contributed by atoms with van der Waals surface area (Å²) >= 11 is 0. The van der Waals surface area contributed by atoms with Crippen molar-refractivity contribution in [1.82, 2.24) is 0 Å². The van der Waals surface area contributed by atoms with Gasteiger partial charge < -0.3 is 13.9 Å². The number of benzene rings is 3. The van der Waals surface area contributed by atoms with Crippen molar-refractivity contribution in [1.29, 1.82) is 0 Å². The van der Waals surface area contributed by atoms with Gasteiger partial charge in [-0.1, -0.05) is 115 Å². The van der Waals surface area contributed by atoms with Gasteiger partial charge in [-0.15, -0.1) is 0 Å². The summed E-state index contributed by atoms with van der Waals surface area (Å²) in [5, 5.41) is 4.54. The van der Waals surface area contributed by atoms with Gasteiger partial charge in [-0.05, 0) is 105 Å². The van der Waals surface area contributed by atoms with E-state index in [1.165, 1.54) is 21.5 Å². The van der Waals surface area contributed by atoms with Crippen LogP contribution in [0.25, 0.3) is 0 Å². The molecular formula is C45H66O3PSi+. The minimum absolute atomic E-state index is 0.0922. The molecule has 2 heterocycles. The number of ether oxygens (including phenoxy) is 2. The van der Waals surface area contributed by atoms with Gasteiger partial charge in [0, 0.05) is 12.8 Å². The van der Waals surface area contributed by atoms with E-state index in [-0.39, 0.29) is 23.4 Å². The van der Waals surface area contributed by atoms with E-state index >= 15 is 0 Å².